The number of anilines is 1. The van der Waals surface area contributed by atoms with Crippen LogP contribution in [0.5, 0.6) is 0 Å². The molecule has 2 aromatic rings. The highest BCUT2D eigenvalue weighted by Gasteiger charge is 2.21. The first-order chi connectivity index (χ1) is 11.4. The molecule has 1 unspecified atom stereocenters. The number of aliphatic hydroxyl groups excluding tert-OH is 1. The largest absolute Gasteiger partial charge is 0.396 e. The third-order valence-electron chi connectivity index (χ3n) is 3.61. The fourth-order valence-electron chi connectivity index (χ4n) is 2.33. The molecule has 0 aliphatic carbocycles. The summed E-state index contributed by atoms with van der Waals surface area (Å²) in [6.07, 6.45) is 2.69. The number of imidazole rings is 1. The Kier molecular flexibility index (Phi) is 6.25. The number of ether oxygens (including phenoxy) is 1. The molecule has 11 heteroatoms. The van der Waals surface area contributed by atoms with Crippen molar-refractivity contribution in [1.29, 1.82) is 0 Å². The highest BCUT2D eigenvalue weighted by Crippen LogP contribution is 2.34. The van der Waals surface area contributed by atoms with Crippen LogP contribution >= 0.6 is 7.60 Å². The van der Waals surface area contributed by atoms with E-state index in [1.54, 1.807) is 10.9 Å². The van der Waals surface area contributed by atoms with E-state index in [4.69, 9.17) is 14.5 Å². The lowest BCUT2D eigenvalue weighted by Crippen LogP contribution is -2.21. The summed E-state index contributed by atoms with van der Waals surface area (Å²) >= 11 is 0. The van der Waals surface area contributed by atoms with Gasteiger partial charge in [-0.2, -0.15) is 0 Å². The quantitative estimate of drug-likeness (QED) is 0.542. The second-order valence-corrected chi connectivity index (χ2v) is 6.95. The van der Waals surface area contributed by atoms with E-state index >= 15 is 0 Å². The first-order valence-electron chi connectivity index (χ1n) is 7.49. The van der Waals surface area contributed by atoms with Gasteiger partial charge in [-0.3, -0.25) is 4.57 Å². The van der Waals surface area contributed by atoms with Crippen LogP contribution in [0.25, 0.3) is 11.2 Å². The maximum absolute atomic E-state index is 10.9. The molecule has 0 aromatic carbocycles. The first-order valence-corrected chi connectivity index (χ1v) is 9.29. The lowest BCUT2D eigenvalue weighted by molar-refractivity contribution is 0.112. The molecule has 2 aromatic heterocycles. The highest BCUT2D eigenvalue weighted by molar-refractivity contribution is 7.51. The summed E-state index contributed by atoms with van der Waals surface area (Å²) in [4.78, 5) is 32.4. The van der Waals surface area contributed by atoms with Crippen LogP contribution in [0.4, 0.5) is 5.82 Å². The third-order valence-corrected chi connectivity index (χ3v) is 4.13. The summed E-state index contributed by atoms with van der Waals surface area (Å²) < 4.78 is 17.8. The van der Waals surface area contributed by atoms with Crippen molar-refractivity contribution in [1.82, 2.24) is 19.5 Å². The normalized spacial score (nSPS) is 13.4. The maximum atomic E-state index is 10.9. The van der Waals surface area contributed by atoms with Crippen molar-refractivity contribution >= 4 is 24.6 Å². The predicted octanol–water partition coefficient (Wildman–Crippen LogP) is 0.358. The Bertz CT molecular complexity index is 718. The first kappa shape index (κ1) is 18.8. The number of aromatic nitrogens is 4. The van der Waals surface area contributed by atoms with Crippen LogP contribution in [0.3, 0.4) is 0 Å². The molecule has 3 N–H and O–H groups in total. The molecule has 2 rings (SSSR count). The molecule has 0 spiro atoms. The van der Waals surface area contributed by atoms with Gasteiger partial charge in [-0.05, 0) is 13.3 Å². The van der Waals surface area contributed by atoms with E-state index in [1.165, 1.54) is 6.33 Å². The lowest BCUT2D eigenvalue weighted by atomic mass is 10.2. The van der Waals surface area contributed by atoms with Crippen LogP contribution in [-0.2, 0) is 9.30 Å². The van der Waals surface area contributed by atoms with Gasteiger partial charge < -0.3 is 29.1 Å². The van der Waals surface area contributed by atoms with Crippen LogP contribution in [0.15, 0.2) is 12.7 Å². The number of hydrogen-bond donors (Lipinski definition) is 3. The Hall–Kier alpha value is -1.58. The SMILES string of the molecule is CCN(C)c1ncnc2ncn(C(CCO)COCP(=O)(O)O)c12. The van der Waals surface area contributed by atoms with Crippen molar-refractivity contribution in [2.45, 2.75) is 19.4 Å². The number of fused-ring (bicyclic) bond motifs is 1. The second kappa shape index (κ2) is 8.00. The molecule has 1 atom stereocenters. The average molecular weight is 359 g/mol. The smallest absolute Gasteiger partial charge is 0.350 e. The molecular weight excluding hydrogens is 337 g/mol. The van der Waals surface area contributed by atoms with E-state index in [2.05, 4.69) is 15.0 Å². The summed E-state index contributed by atoms with van der Waals surface area (Å²) in [7, 11) is -2.35. The summed E-state index contributed by atoms with van der Waals surface area (Å²) in [6.45, 7) is 2.65. The van der Waals surface area contributed by atoms with Crippen molar-refractivity contribution in [2.75, 3.05) is 38.1 Å². The molecule has 0 saturated carbocycles. The predicted molar refractivity (Wildman–Crippen MR) is 87.9 cm³/mol. The van der Waals surface area contributed by atoms with E-state index in [-0.39, 0.29) is 19.3 Å². The van der Waals surface area contributed by atoms with Crippen molar-refractivity contribution in [3.63, 3.8) is 0 Å². The van der Waals surface area contributed by atoms with Crippen LogP contribution in [0.1, 0.15) is 19.4 Å². The van der Waals surface area contributed by atoms with Crippen LogP contribution < -0.4 is 4.90 Å². The van der Waals surface area contributed by atoms with Gasteiger partial charge in [-0.15, -0.1) is 0 Å². The fraction of sp³-hybridized carbons (Fsp3) is 0.615. The minimum atomic E-state index is -4.24. The van der Waals surface area contributed by atoms with Crippen LogP contribution in [0, 0.1) is 0 Å². The monoisotopic (exact) mass is 359 g/mol. The number of hydrogen-bond acceptors (Lipinski definition) is 7. The number of nitrogens with zero attached hydrogens (tertiary/aromatic N) is 5. The van der Waals surface area contributed by atoms with E-state index in [9.17, 15) is 9.67 Å². The molecule has 0 fully saturated rings. The standard InChI is InChI=1S/C13H22N5O5P/c1-3-17(2)13-11-12(14-7-15-13)16-8-18(11)10(4-5-19)6-23-9-24(20,21)22/h7-8,10,19H,3-6,9H2,1-2H3,(H2,20,21,22). The van der Waals surface area contributed by atoms with Crippen molar-refractivity contribution in [3.8, 4) is 0 Å². The zero-order valence-corrected chi connectivity index (χ0v) is 14.5. The summed E-state index contributed by atoms with van der Waals surface area (Å²) in [5, 5.41) is 9.31. The minimum absolute atomic E-state index is 0.0291. The van der Waals surface area contributed by atoms with Gasteiger partial charge in [0, 0.05) is 20.2 Å². The van der Waals surface area contributed by atoms with Crippen LogP contribution in [-0.4, -0.2) is 67.6 Å². The van der Waals surface area contributed by atoms with Gasteiger partial charge in [0.1, 0.15) is 18.2 Å². The Labute approximate surface area is 139 Å². The van der Waals surface area contributed by atoms with Crippen molar-refractivity contribution in [2.24, 2.45) is 0 Å². The summed E-state index contributed by atoms with van der Waals surface area (Å²) in [5.74, 6) is 0.693. The number of aliphatic hydroxyl groups is 1. The Morgan fingerprint density at radius 2 is 2.12 bits per heavy atom. The van der Waals surface area contributed by atoms with Gasteiger partial charge in [-0.25, -0.2) is 15.0 Å². The molecule has 0 aliphatic heterocycles. The van der Waals surface area contributed by atoms with Crippen molar-refractivity contribution < 1.29 is 24.2 Å². The average Bonchev–Trinajstić information content (AvgIpc) is 2.96. The highest BCUT2D eigenvalue weighted by atomic mass is 31.2. The van der Waals surface area contributed by atoms with Crippen molar-refractivity contribution in [3.05, 3.63) is 12.7 Å². The second-order valence-electron chi connectivity index (χ2n) is 5.37. The Morgan fingerprint density at radius 1 is 1.38 bits per heavy atom. The third kappa shape index (κ3) is 4.49. The van der Waals surface area contributed by atoms with Gasteiger partial charge in [0.15, 0.2) is 11.5 Å². The molecule has 0 bridgehead atoms. The molecule has 0 radical (unpaired) electrons. The molecule has 134 valence electrons. The number of rotatable bonds is 9. The van der Waals surface area contributed by atoms with Crippen LogP contribution in [0.2, 0.25) is 0 Å². The molecule has 2 heterocycles. The van der Waals surface area contributed by atoms with E-state index in [0.29, 0.717) is 23.4 Å². The molecule has 0 saturated heterocycles. The fourth-order valence-corrected chi connectivity index (χ4v) is 2.67. The van der Waals surface area contributed by atoms with Gasteiger partial charge >= 0.3 is 7.60 Å². The van der Waals surface area contributed by atoms with E-state index in [0.717, 1.165) is 6.54 Å². The summed E-state index contributed by atoms with van der Waals surface area (Å²) in [6, 6.07) is -0.346. The van der Waals surface area contributed by atoms with E-state index in [1.807, 2.05) is 18.9 Å². The summed E-state index contributed by atoms with van der Waals surface area (Å²) in [5.41, 5.74) is 1.21. The minimum Gasteiger partial charge on any atom is -0.396 e. The van der Waals surface area contributed by atoms with E-state index < -0.39 is 13.9 Å². The maximum Gasteiger partial charge on any atom is 0.350 e. The molecule has 0 amide bonds. The zero-order valence-electron chi connectivity index (χ0n) is 13.6. The Morgan fingerprint density at radius 3 is 2.75 bits per heavy atom. The molecule has 0 aliphatic rings. The molecular formula is C13H22N5O5P. The zero-order chi connectivity index (χ0) is 17.7. The molecule has 10 nitrogen and oxygen atoms in total. The Balaban J connectivity index is 2.34. The van der Waals surface area contributed by atoms with Gasteiger partial charge in [0.2, 0.25) is 0 Å². The van der Waals surface area contributed by atoms with Gasteiger partial charge in [0.25, 0.3) is 0 Å². The topological polar surface area (TPSA) is 134 Å². The molecule has 24 heavy (non-hydrogen) atoms. The lowest BCUT2D eigenvalue weighted by Gasteiger charge is -2.22. The van der Waals surface area contributed by atoms with Gasteiger partial charge in [0.05, 0.1) is 19.0 Å². The van der Waals surface area contributed by atoms with Gasteiger partial charge in [-0.1, -0.05) is 0 Å².